The molecule has 1 aromatic carbocycles. The summed E-state index contributed by atoms with van der Waals surface area (Å²) in [6, 6.07) is 8.15. The zero-order valence-electron chi connectivity index (χ0n) is 12.1. The van der Waals surface area contributed by atoms with Crippen LogP contribution in [0, 0.1) is 6.92 Å². The Morgan fingerprint density at radius 1 is 1.11 bits per heavy atom. The summed E-state index contributed by atoms with van der Waals surface area (Å²) in [4.78, 5) is 0. The minimum absolute atomic E-state index is 0.209. The highest BCUT2D eigenvalue weighted by atomic mass is 28.4. The van der Waals surface area contributed by atoms with Gasteiger partial charge in [0.15, 0.2) is 0 Å². The van der Waals surface area contributed by atoms with Crippen molar-refractivity contribution in [2.75, 3.05) is 0 Å². The van der Waals surface area contributed by atoms with Crippen LogP contribution in [-0.2, 0) is 0 Å². The average Bonchev–Trinajstić information content (AvgIpc) is 2.54. The number of furan rings is 1. The Kier molecular flexibility index (Phi) is 3.05. The van der Waals surface area contributed by atoms with Crippen LogP contribution in [0.15, 0.2) is 28.7 Å². The summed E-state index contributed by atoms with van der Waals surface area (Å²) in [7, 11) is -1.77. The zero-order valence-corrected chi connectivity index (χ0v) is 13.1. The summed E-state index contributed by atoms with van der Waals surface area (Å²) >= 11 is 0. The SMILES string of the molecule is Cc1cc2ccc(O[Si](C)(C)C(C)(C)C)cc2o1. The van der Waals surface area contributed by atoms with Gasteiger partial charge in [-0.15, -0.1) is 0 Å². The minimum atomic E-state index is -1.77. The van der Waals surface area contributed by atoms with Crippen LogP contribution in [0.2, 0.25) is 18.1 Å². The van der Waals surface area contributed by atoms with Crippen molar-refractivity contribution in [2.45, 2.75) is 45.8 Å². The van der Waals surface area contributed by atoms with Crippen LogP contribution in [-0.4, -0.2) is 8.32 Å². The van der Waals surface area contributed by atoms with E-state index in [1.807, 2.05) is 25.1 Å². The van der Waals surface area contributed by atoms with Crippen molar-refractivity contribution in [3.05, 3.63) is 30.0 Å². The number of benzene rings is 1. The largest absolute Gasteiger partial charge is 0.543 e. The molecule has 1 heterocycles. The molecule has 0 spiro atoms. The van der Waals surface area contributed by atoms with Crippen LogP contribution in [0.1, 0.15) is 26.5 Å². The molecule has 0 aliphatic carbocycles. The van der Waals surface area contributed by atoms with Gasteiger partial charge in [-0.1, -0.05) is 20.8 Å². The van der Waals surface area contributed by atoms with E-state index in [9.17, 15) is 0 Å². The zero-order chi connectivity index (χ0) is 13.6. The van der Waals surface area contributed by atoms with Gasteiger partial charge in [0.1, 0.15) is 17.1 Å². The maximum absolute atomic E-state index is 6.26. The van der Waals surface area contributed by atoms with Gasteiger partial charge in [-0.3, -0.25) is 0 Å². The molecule has 3 heteroatoms. The first-order chi connectivity index (χ1) is 8.19. The van der Waals surface area contributed by atoms with Crippen molar-refractivity contribution >= 4 is 19.3 Å². The normalized spacial score (nSPS) is 13.0. The van der Waals surface area contributed by atoms with Crippen LogP contribution >= 0.6 is 0 Å². The molecule has 0 aliphatic heterocycles. The predicted molar refractivity (Wildman–Crippen MR) is 78.8 cm³/mol. The molecular weight excluding hydrogens is 240 g/mol. The fourth-order valence-electron chi connectivity index (χ4n) is 1.66. The lowest BCUT2D eigenvalue weighted by Crippen LogP contribution is -2.43. The Labute approximate surface area is 110 Å². The second kappa shape index (κ2) is 4.16. The van der Waals surface area contributed by atoms with Gasteiger partial charge in [-0.05, 0) is 43.3 Å². The molecule has 0 unspecified atom stereocenters. The van der Waals surface area contributed by atoms with Crippen LogP contribution < -0.4 is 4.43 Å². The number of rotatable bonds is 2. The molecule has 2 nitrogen and oxygen atoms in total. The van der Waals surface area contributed by atoms with Crippen LogP contribution in [0.5, 0.6) is 5.75 Å². The Morgan fingerprint density at radius 3 is 2.39 bits per heavy atom. The predicted octanol–water partition coefficient (Wildman–Crippen LogP) is 5.13. The lowest BCUT2D eigenvalue weighted by molar-refractivity contribution is 0.491. The molecule has 0 aliphatic rings. The van der Waals surface area contributed by atoms with E-state index in [4.69, 9.17) is 8.84 Å². The molecule has 0 bridgehead atoms. The molecule has 0 saturated carbocycles. The van der Waals surface area contributed by atoms with Gasteiger partial charge < -0.3 is 8.84 Å². The second-order valence-electron chi connectivity index (χ2n) is 6.42. The Balaban J connectivity index is 2.32. The summed E-state index contributed by atoms with van der Waals surface area (Å²) in [5, 5.41) is 1.34. The van der Waals surface area contributed by atoms with Crippen LogP contribution in [0.3, 0.4) is 0 Å². The van der Waals surface area contributed by atoms with Gasteiger partial charge in [0.05, 0.1) is 0 Å². The number of fused-ring (bicyclic) bond motifs is 1. The van der Waals surface area contributed by atoms with Gasteiger partial charge in [-0.25, -0.2) is 0 Å². The van der Waals surface area contributed by atoms with Gasteiger partial charge in [-0.2, -0.15) is 0 Å². The summed E-state index contributed by atoms with van der Waals surface area (Å²) < 4.78 is 11.9. The fourth-order valence-corrected chi connectivity index (χ4v) is 2.68. The molecule has 0 N–H and O–H groups in total. The lowest BCUT2D eigenvalue weighted by Gasteiger charge is -2.36. The monoisotopic (exact) mass is 262 g/mol. The van der Waals surface area contributed by atoms with Crippen molar-refractivity contribution in [3.8, 4) is 5.75 Å². The van der Waals surface area contributed by atoms with E-state index >= 15 is 0 Å². The highest BCUT2D eigenvalue weighted by Gasteiger charge is 2.38. The van der Waals surface area contributed by atoms with E-state index in [2.05, 4.69) is 39.9 Å². The van der Waals surface area contributed by atoms with E-state index in [1.165, 1.54) is 0 Å². The van der Waals surface area contributed by atoms with Crippen molar-refractivity contribution in [2.24, 2.45) is 0 Å². The average molecular weight is 262 g/mol. The highest BCUT2D eigenvalue weighted by Crippen LogP contribution is 2.38. The van der Waals surface area contributed by atoms with E-state index < -0.39 is 8.32 Å². The molecule has 0 saturated heterocycles. The molecule has 98 valence electrons. The Hall–Kier alpha value is -1.22. The summed E-state index contributed by atoms with van der Waals surface area (Å²) in [5.74, 6) is 1.86. The Morgan fingerprint density at radius 2 is 1.78 bits per heavy atom. The third-order valence-electron chi connectivity index (χ3n) is 3.79. The van der Waals surface area contributed by atoms with Crippen molar-refractivity contribution in [3.63, 3.8) is 0 Å². The minimum Gasteiger partial charge on any atom is -0.543 e. The second-order valence-corrected chi connectivity index (χ2v) is 11.1. The van der Waals surface area contributed by atoms with Gasteiger partial charge in [0, 0.05) is 11.5 Å². The fraction of sp³-hybridized carbons (Fsp3) is 0.467. The first-order valence-corrected chi connectivity index (χ1v) is 9.29. The van der Waals surface area contributed by atoms with Crippen molar-refractivity contribution < 1.29 is 8.84 Å². The molecule has 18 heavy (non-hydrogen) atoms. The van der Waals surface area contributed by atoms with E-state index in [0.717, 1.165) is 22.5 Å². The standard InChI is InChI=1S/C15H22O2Si/c1-11-9-12-7-8-13(10-14(12)16-11)17-18(5,6)15(2,3)4/h7-10H,1-6H3. The quantitative estimate of drug-likeness (QED) is 0.700. The molecule has 1 aromatic heterocycles. The summed E-state index contributed by atoms with van der Waals surface area (Å²) in [6.45, 7) is 13.2. The molecular formula is C15H22O2Si. The number of aryl methyl sites for hydroxylation is 1. The first kappa shape index (κ1) is 13.2. The summed E-state index contributed by atoms with van der Waals surface area (Å²) in [5.41, 5.74) is 0.906. The smallest absolute Gasteiger partial charge is 0.250 e. The summed E-state index contributed by atoms with van der Waals surface area (Å²) in [6.07, 6.45) is 0. The van der Waals surface area contributed by atoms with E-state index in [0.29, 0.717) is 0 Å². The molecule has 0 atom stereocenters. The van der Waals surface area contributed by atoms with Crippen LogP contribution in [0.25, 0.3) is 11.0 Å². The van der Waals surface area contributed by atoms with E-state index in [1.54, 1.807) is 0 Å². The molecule has 0 amide bonds. The number of hydrogen-bond donors (Lipinski definition) is 0. The van der Waals surface area contributed by atoms with Crippen molar-refractivity contribution in [1.29, 1.82) is 0 Å². The highest BCUT2D eigenvalue weighted by molar-refractivity contribution is 6.74. The Bertz CT molecular complexity index is 561. The third kappa shape index (κ3) is 2.46. The van der Waals surface area contributed by atoms with Crippen molar-refractivity contribution in [1.82, 2.24) is 0 Å². The van der Waals surface area contributed by atoms with Crippen LogP contribution in [0.4, 0.5) is 0 Å². The molecule has 0 radical (unpaired) electrons. The maximum Gasteiger partial charge on any atom is 0.250 e. The van der Waals surface area contributed by atoms with E-state index in [-0.39, 0.29) is 5.04 Å². The molecule has 0 fully saturated rings. The maximum atomic E-state index is 6.26. The molecule has 2 rings (SSSR count). The van der Waals surface area contributed by atoms with Gasteiger partial charge >= 0.3 is 0 Å². The number of hydrogen-bond acceptors (Lipinski definition) is 2. The first-order valence-electron chi connectivity index (χ1n) is 6.38. The molecule has 2 aromatic rings. The van der Waals surface area contributed by atoms with Gasteiger partial charge in [0.25, 0.3) is 0 Å². The lowest BCUT2D eigenvalue weighted by atomic mass is 10.2. The topological polar surface area (TPSA) is 22.4 Å². The van der Waals surface area contributed by atoms with Gasteiger partial charge in [0.2, 0.25) is 8.32 Å². The third-order valence-corrected chi connectivity index (χ3v) is 8.15.